The van der Waals surface area contributed by atoms with Crippen LogP contribution in [-0.4, -0.2) is 27.3 Å². The third kappa shape index (κ3) is 4.11. The molecule has 0 fully saturated rings. The van der Waals surface area contributed by atoms with Crippen molar-refractivity contribution in [1.82, 2.24) is 5.32 Å². The number of benzene rings is 1. The molecule has 0 saturated heterocycles. The van der Waals surface area contributed by atoms with Gasteiger partial charge in [-0.1, -0.05) is 0 Å². The van der Waals surface area contributed by atoms with Gasteiger partial charge >= 0.3 is 0 Å². The lowest BCUT2D eigenvalue weighted by Gasteiger charge is -2.23. The van der Waals surface area contributed by atoms with Crippen molar-refractivity contribution in [3.63, 3.8) is 0 Å². The summed E-state index contributed by atoms with van der Waals surface area (Å²) < 4.78 is 10.8. The Balaban J connectivity index is 3.07. The van der Waals surface area contributed by atoms with E-state index in [1.54, 1.807) is 14.2 Å². The van der Waals surface area contributed by atoms with Gasteiger partial charge in [-0.2, -0.15) is 0 Å². The second-order valence-corrected chi connectivity index (χ2v) is 4.96. The molecule has 0 aliphatic heterocycles. The lowest BCUT2D eigenvalue weighted by atomic mass is 9.95. The van der Waals surface area contributed by atoms with Gasteiger partial charge in [-0.3, -0.25) is 0 Å². The van der Waals surface area contributed by atoms with Crippen molar-refractivity contribution >= 4 is 0 Å². The van der Waals surface area contributed by atoms with Crippen molar-refractivity contribution in [2.75, 3.05) is 21.3 Å². The summed E-state index contributed by atoms with van der Waals surface area (Å²) in [6.07, 6.45) is 1.96. The Morgan fingerprint density at radius 2 is 1.89 bits per heavy atom. The van der Waals surface area contributed by atoms with Crippen LogP contribution in [0, 0.1) is 6.92 Å². The number of aryl methyl sites for hydroxylation is 1. The predicted molar refractivity (Wildman–Crippen MR) is 79.0 cm³/mol. The smallest absolute Gasteiger partial charge is 0.127 e. The standard InChI is InChI=1S/C15H26N2O2/c1-10-8-12(18-4)9-14(19-5)15(10)13(17-3)7-6-11(2)16/h8-9,11,13,17H,6-7,16H2,1-5H3. The molecule has 0 aliphatic rings. The van der Waals surface area contributed by atoms with E-state index in [0.717, 1.165) is 24.3 Å². The van der Waals surface area contributed by atoms with E-state index in [2.05, 4.69) is 12.2 Å². The molecule has 0 spiro atoms. The summed E-state index contributed by atoms with van der Waals surface area (Å²) >= 11 is 0. The van der Waals surface area contributed by atoms with Gasteiger partial charge in [0.05, 0.1) is 14.2 Å². The number of hydrogen-bond donors (Lipinski definition) is 2. The van der Waals surface area contributed by atoms with Gasteiger partial charge in [-0.15, -0.1) is 0 Å². The summed E-state index contributed by atoms with van der Waals surface area (Å²) in [6, 6.07) is 4.42. The SMILES string of the molecule is CNC(CCC(C)N)c1c(C)cc(OC)cc1OC. The van der Waals surface area contributed by atoms with Crippen molar-refractivity contribution in [2.45, 2.75) is 38.8 Å². The molecule has 0 aliphatic carbocycles. The zero-order valence-corrected chi connectivity index (χ0v) is 12.6. The Bertz CT molecular complexity index is 405. The zero-order valence-electron chi connectivity index (χ0n) is 12.6. The Kier molecular flexibility index (Phi) is 6.12. The molecule has 1 aromatic rings. The van der Waals surface area contributed by atoms with Crippen LogP contribution < -0.4 is 20.5 Å². The molecule has 3 N–H and O–H groups in total. The Morgan fingerprint density at radius 1 is 1.21 bits per heavy atom. The lowest BCUT2D eigenvalue weighted by molar-refractivity contribution is 0.381. The van der Waals surface area contributed by atoms with Crippen molar-refractivity contribution in [1.29, 1.82) is 0 Å². The fraction of sp³-hybridized carbons (Fsp3) is 0.600. The summed E-state index contributed by atoms with van der Waals surface area (Å²) in [5.74, 6) is 1.68. The second-order valence-electron chi connectivity index (χ2n) is 4.96. The Labute approximate surface area is 116 Å². The van der Waals surface area contributed by atoms with E-state index in [-0.39, 0.29) is 12.1 Å². The highest BCUT2D eigenvalue weighted by atomic mass is 16.5. The number of rotatable bonds is 7. The van der Waals surface area contributed by atoms with Crippen molar-refractivity contribution < 1.29 is 9.47 Å². The molecular weight excluding hydrogens is 240 g/mol. The van der Waals surface area contributed by atoms with E-state index in [9.17, 15) is 0 Å². The summed E-state index contributed by atoms with van der Waals surface area (Å²) in [4.78, 5) is 0. The largest absolute Gasteiger partial charge is 0.497 e. The highest BCUT2D eigenvalue weighted by molar-refractivity contribution is 5.47. The average Bonchev–Trinajstić information content (AvgIpc) is 2.39. The van der Waals surface area contributed by atoms with Gasteiger partial charge in [0.2, 0.25) is 0 Å². The summed E-state index contributed by atoms with van der Waals surface area (Å²) in [7, 11) is 5.32. The third-order valence-electron chi connectivity index (χ3n) is 3.39. The van der Waals surface area contributed by atoms with Crippen LogP contribution in [0.4, 0.5) is 0 Å². The van der Waals surface area contributed by atoms with Crippen molar-refractivity contribution in [3.8, 4) is 11.5 Å². The lowest BCUT2D eigenvalue weighted by Crippen LogP contribution is -2.22. The van der Waals surface area contributed by atoms with E-state index in [4.69, 9.17) is 15.2 Å². The van der Waals surface area contributed by atoms with Crippen molar-refractivity contribution in [2.24, 2.45) is 5.73 Å². The van der Waals surface area contributed by atoms with Gasteiger partial charge in [0.15, 0.2) is 0 Å². The summed E-state index contributed by atoms with van der Waals surface area (Å²) in [5, 5.41) is 3.35. The second kappa shape index (κ2) is 7.36. The fourth-order valence-corrected chi connectivity index (χ4v) is 2.33. The van der Waals surface area contributed by atoms with Gasteiger partial charge in [0.1, 0.15) is 11.5 Å². The van der Waals surface area contributed by atoms with Crippen LogP contribution >= 0.6 is 0 Å². The van der Waals surface area contributed by atoms with Crippen molar-refractivity contribution in [3.05, 3.63) is 23.3 Å². The minimum absolute atomic E-state index is 0.209. The molecule has 0 radical (unpaired) electrons. The Hall–Kier alpha value is -1.26. The topological polar surface area (TPSA) is 56.5 Å². The molecule has 0 saturated carbocycles. The van der Waals surface area contributed by atoms with Crippen LogP contribution in [0.5, 0.6) is 11.5 Å². The molecule has 2 atom stereocenters. The quantitative estimate of drug-likeness (QED) is 0.795. The molecule has 4 heteroatoms. The van der Waals surface area contributed by atoms with Crippen LogP contribution in [-0.2, 0) is 0 Å². The predicted octanol–water partition coefficient (Wildman–Crippen LogP) is 2.40. The van der Waals surface area contributed by atoms with Gasteiger partial charge in [-0.25, -0.2) is 0 Å². The third-order valence-corrected chi connectivity index (χ3v) is 3.39. The molecule has 0 heterocycles. The first kappa shape index (κ1) is 15.8. The molecule has 0 amide bonds. The van der Waals surface area contributed by atoms with Crippen LogP contribution in [0.15, 0.2) is 12.1 Å². The minimum atomic E-state index is 0.209. The molecular formula is C15H26N2O2. The molecule has 2 unspecified atom stereocenters. The number of nitrogens with two attached hydrogens (primary N) is 1. The highest BCUT2D eigenvalue weighted by Gasteiger charge is 2.18. The van der Waals surface area contributed by atoms with Crippen LogP contribution in [0.3, 0.4) is 0 Å². The molecule has 108 valence electrons. The highest BCUT2D eigenvalue weighted by Crippen LogP contribution is 2.34. The molecule has 1 rings (SSSR count). The van der Waals surface area contributed by atoms with E-state index in [1.165, 1.54) is 11.1 Å². The molecule has 4 nitrogen and oxygen atoms in total. The van der Waals surface area contributed by atoms with E-state index in [1.807, 2.05) is 26.1 Å². The van der Waals surface area contributed by atoms with E-state index >= 15 is 0 Å². The molecule has 1 aromatic carbocycles. The van der Waals surface area contributed by atoms with Gasteiger partial charge in [-0.05, 0) is 45.4 Å². The Morgan fingerprint density at radius 3 is 2.37 bits per heavy atom. The zero-order chi connectivity index (χ0) is 14.4. The van der Waals surface area contributed by atoms with Crippen LogP contribution in [0.25, 0.3) is 0 Å². The maximum Gasteiger partial charge on any atom is 0.127 e. The van der Waals surface area contributed by atoms with Gasteiger partial charge in [0.25, 0.3) is 0 Å². The van der Waals surface area contributed by atoms with Crippen LogP contribution in [0.2, 0.25) is 0 Å². The number of nitrogens with one attached hydrogen (secondary N) is 1. The first-order chi connectivity index (χ1) is 9.03. The van der Waals surface area contributed by atoms with E-state index in [0.29, 0.717) is 0 Å². The monoisotopic (exact) mass is 266 g/mol. The summed E-state index contributed by atoms with van der Waals surface area (Å²) in [6.45, 7) is 4.11. The van der Waals surface area contributed by atoms with Gasteiger partial charge < -0.3 is 20.5 Å². The minimum Gasteiger partial charge on any atom is -0.497 e. The first-order valence-corrected chi connectivity index (χ1v) is 6.68. The molecule has 0 aromatic heterocycles. The summed E-state index contributed by atoms with van der Waals surface area (Å²) in [5.41, 5.74) is 8.20. The number of hydrogen-bond acceptors (Lipinski definition) is 4. The van der Waals surface area contributed by atoms with E-state index < -0.39 is 0 Å². The molecule has 19 heavy (non-hydrogen) atoms. The maximum atomic E-state index is 5.85. The first-order valence-electron chi connectivity index (χ1n) is 6.68. The number of ether oxygens (including phenoxy) is 2. The maximum absolute atomic E-state index is 5.85. The van der Waals surface area contributed by atoms with Gasteiger partial charge in [0, 0.05) is 23.7 Å². The fourth-order valence-electron chi connectivity index (χ4n) is 2.33. The molecule has 0 bridgehead atoms. The number of methoxy groups -OCH3 is 2. The normalized spacial score (nSPS) is 14.0. The van der Waals surface area contributed by atoms with Crippen LogP contribution in [0.1, 0.15) is 36.9 Å². The average molecular weight is 266 g/mol.